The van der Waals surface area contributed by atoms with Crippen molar-refractivity contribution in [2.75, 3.05) is 14.2 Å². The van der Waals surface area contributed by atoms with Crippen LogP contribution in [0.5, 0.6) is 11.5 Å². The smallest absolute Gasteiger partial charge is 0.171 e. The van der Waals surface area contributed by atoms with Crippen LogP contribution >= 0.6 is 0 Å². The van der Waals surface area contributed by atoms with E-state index < -0.39 is 5.41 Å². The lowest BCUT2D eigenvalue weighted by Crippen LogP contribution is -2.38. The van der Waals surface area contributed by atoms with Gasteiger partial charge in [-0.05, 0) is 52.9 Å². The fourth-order valence-electron chi connectivity index (χ4n) is 7.81. The Balaban J connectivity index is 1.53. The van der Waals surface area contributed by atoms with Crippen LogP contribution < -0.4 is 9.47 Å². The average Bonchev–Trinajstić information content (AvgIpc) is 3.54. The van der Waals surface area contributed by atoms with Gasteiger partial charge in [0.2, 0.25) is 0 Å². The van der Waals surface area contributed by atoms with Crippen LogP contribution in [0.15, 0.2) is 97.1 Å². The van der Waals surface area contributed by atoms with Crippen molar-refractivity contribution in [3.8, 4) is 11.5 Å². The molecule has 188 valence electrons. The first kappa shape index (κ1) is 23.0. The molecule has 1 fully saturated rings. The number of fused-ring (bicyclic) bond motifs is 4. The molecule has 4 aromatic rings. The molecule has 4 nitrogen and oxygen atoms in total. The van der Waals surface area contributed by atoms with Gasteiger partial charge in [-0.1, -0.05) is 72.8 Å². The topological polar surface area (TPSA) is 52.6 Å². The van der Waals surface area contributed by atoms with Gasteiger partial charge in [-0.3, -0.25) is 9.59 Å². The van der Waals surface area contributed by atoms with Crippen LogP contribution in [-0.4, -0.2) is 25.8 Å². The van der Waals surface area contributed by atoms with E-state index in [1.54, 1.807) is 14.2 Å². The monoisotopic (exact) mass is 500 g/mol. The van der Waals surface area contributed by atoms with Gasteiger partial charge >= 0.3 is 0 Å². The molecule has 1 spiro atoms. The zero-order chi connectivity index (χ0) is 26.0. The molecule has 0 amide bonds. The van der Waals surface area contributed by atoms with E-state index in [2.05, 4.69) is 24.3 Å². The minimum Gasteiger partial charge on any atom is -0.497 e. The zero-order valence-electron chi connectivity index (χ0n) is 21.4. The van der Waals surface area contributed by atoms with E-state index in [1.807, 2.05) is 72.8 Å². The summed E-state index contributed by atoms with van der Waals surface area (Å²) < 4.78 is 11.0. The number of rotatable bonds is 4. The molecular formula is C34H28O4. The molecule has 0 bridgehead atoms. The molecule has 0 saturated heterocycles. The number of carbonyl (C=O) groups is 2. The number of hydrogen-bond donors (Lipinski definition) is 0. The van der Waals surface area contributed by atoms with Crippen LogP contribution in [0.1, 0.15) is 60.7 Å². The Hall–Kier alpha value is -4.18. The third-order valence-electron chi connectivity index (χ3n) is 9.19. The van der Waals surface area contributed by atoms with Crippen molar-refractivity contribution in [2.45, 2.75) is 24.2 Å². The van der Waals surface area contributed by atoms with Crippen molar-refractivity contribution < 1.29 is 19.1 Å². The van der Waals surface area contributed by atoms with Gasteiger partial charge in [0.25, 0.3) is 0 Å². The van der Waals surface area contributed by atoms with E-state index in [0.717, 1.165) is 27.8 Å². The lowest BCUT2D eigenvalue weighted by molar-refractivity contribution is 0.0745. The number of ether oxygens (including phenoxy) is 2. The van der Waals surface area contributed by atoms with Crippen molar-refractivity contribution in [3.05, 3.63) is 130 Å². The number of Topliss-reactive ketones (excluding diaryl/α,β-unsaturated/α-hetero) is 2. The number of methoxy groups -OCH3 is 2. The van der Waals surface area contributed by atoms with Crippen molar-refractivity contribution in [1.29, 1.82) is 0 Å². The molecular weight excluding hydrogens is 472 g/mol. The minimum atomic E-state index is -0.792. The summed E-state index contributed by atoms with van der Waals surface area (Å²) in [4.78, 5) is 29.2. The van der Waals surface area contributed by atoms with E-state index in [-0.39, 0.29) is 35.2 Å². The maximum atomic E-state index is 14.8. The largest absolute Gasteiger partial charge is 0.497 e. The van der Waals surface area contributed by atoms with E-state index >= 15 is 0 Å². The Morgan fingerprint density at radius 3 is 1.82 bits per heavy atom. The van der Waals surface area contributed by atoms with Crippen LogP contribution in [0, 0.1) is 11.3 Å². The molecule has 0 heterocycles. The van der Waals surface area contributed by atoms with Gasteiger partial charge in [-0.15, -0.1) is 0 Å². The molecule has 1 saturated carbocycles. The summed E-state index contributed by atoms with van der Waals surface area (Å²) in [5.41, 5.74) is 4.84. The predicted octanol–water partition coefficient (Wildman–Crippen LogP) is 6.61. The first-order valence-corrected chi connectivity index (χ1v) is 13.1. The van der Waals surface area contributed by atoms with Crippen LogP contribution in [0.2, 0.25) is 0 Å². The molecule has 5 unspecified atom stereocenters. The SMILES string of the molecule is COc1ccc2c(c1)C(=O)C1(C2)C(c2ccccc2)C2C(=O)c3cc(OC)ccc3C2C1c1ccccc1. The molecule has 5 atom stereocenters. The quantitative estimate of drug-likeness (QED) is 0.317. The average molecular weight is 501 g/mol. The van der Waals surface area contributed by atoms with Gasteiger partial charge in [0, 0.05) is 34.8 Å². The highest BCUT2D eigenvalue weighted by Crippen LogP contribution is 2.72. The van der Waals surface area contributed by atoms with E-state index in [0.29, 0.717) is 23.5 Å². The van der Waals surface area contributed by atoms with Crippen molar-refractivity contribution in [2.24, 2.45) is 11.3 Å². The second-order valence-corrected chi connectivity index (χ2v) is 10.7. The van der Waals surface area contributed by atoms with Crippen LogP contribution in [0.3, 0.4) is 0 Å². The molecule has 0 aliphatic heterocycles. The maximum absolute atomic E-state index is 14.8. The summed E-state index contributed by atoms with van der Waals surface area (Å²) in [6.45, 7) is 0. The molecule has 4 aromatic carbocycles. The second kappa shape index (κ2) is 8.42. The Kier molecular flexibility index (Phi) is 5.09. The van der Waals surface area contributed by atoms with Gasteiger partial charge < -0.3 is 9.47 Å². The molecule has 7 rings (SSSR count). The first-order chi connectivity index (χ1) is 18.6. The summed E-state index contributed by atoms with van der Waals surface area (Å²) in [5, 5.41) is 0. The van der Waals surface area contributed by atoms with Crippen LogP contribution in [0.25, 0.3) is 0 Å². The predicted molar refractivity (Wildman–Crippen MR) is 145 cm³/mol. The lowest BCUT2D eigenvalue weighted by Gasteiger charge is -2.38. The first-order valence-electron chi connectivity index (χ1n) is 13.1. The molecule has 0 radical (unpaired) electrons. The Morgan fingerprint density at radius 2 is 1.21 bits per heavy atom. The third-order valence-corrected chi connectivity index (χ3v) is 9.19. The number of benzene rings is 4. The standard InChI is InChI=1S/C34H28O4/c1-37-23-14-13-22-19-34(33(36)26(22)17-23)30(20-9-5-3-6-10-20)28-25-16-15-24(38-2)18-27(25)32(35)29(28)31(34)21-11-7-4-8-12-21/h3-18,28-31H,19H2,1-2H3. The molecule has 3 aliphatic carbocycles. The highest BCUT2D eigenvalue weighted by molar-refractivity contribution is 6.11. The van der Waals surface area contributed by atoms with Gasteiger partial charge in [0.1, 0.15) is 11.5 Å². The van der Waals surface area contributed by atoms with Crippen LogP contribution in [-0.2, 0) is 6.42 Å². The summed E-state index contributed by atoms with van der Waals surface area (Å²) in [7, 11) is 3.25. The maximum Gasteiger partial charge on any atom is 0.171 e. The third kappa shape index (κ3) is 2.97. The van der Waals surface area contributed by atoms with Crippen LogP contribution in [0.4, 0.5) is 0 Å². The van der Waals surface area contributed by atoms with Gasteiger partial charge in [0.15, 0.2) is 11.6 Å². The Bertz CT molecular complexity index is 1580. The number of hydrogen-bond acceptors (Lipinski definition) is 4. The molecule has 38 heavy (non-hydrogen) atoms. The Labute approximate surface area is 222 Å². The summed E-state index contributed by atoms with van der Waals surface area (Å²) in [5.74, 6) is 0.688. The van der Waals surface area contributed by atoms with Crippen molar-refractivity contribution in [1.82, 2.24) is 0 Å². The zero-order valence-corrected chi connectivity index (χ0v) is 21.4. The summed E-state index contributed by atoms with van der Waals surface area (Å²) >= 11 is 0. The summed E-state index contributed by atoms with van der Waals surface area (Å²) in [6.07, 6.45) is 0.593. The Morgan fingerprint density at radius 1 is 0.658 bits per heavy atom. The molecule has 0 N–H and O–H groups in total. The fraction of sp³-hybridized carbons (Fsp3) is 0.235. The van der Waals surface area contributed by atoms with Crippen molar-refractivity contribution in [3.63, 3.8) is 0 Å². The summed E-state index contributed by atoms with van der Waals surface area (Å²) in [6, 6.07) is 32.2. The van der Waals surface area contributed by atoms with Gasteiger partial charge in [-0.25, -0.2) is 0 Å². The lowest BCUT2D eigenvalue weighted by atomic mass is 9.62. The number of ketones is 2. The highest BCUT2D eigenvalue weighted by atomic mass is 16.5. The second-order valence-electron chi connectivity index (χ2n) is 10.7. The number of carbonyl (C=O) groups excluding carboxylic acids is 2. The van der Waals surface area contributed by atoms with Crippen molar-refractivity contribution >= 4 is 11.6 Å². The van der Waals surface area contributed by atoms with E-state index in [1.165, 1.54) is 0 Å². The van der Waals surface area contributed by atoms with Gasteiger partial charge in [0.05, 0.1) is 19.6 Å². The molecule has 3 aliphatic rings. The van der Waals surface area contributed by atoms with E-state index in [4.69, 9.17) is 9.47 Å². The van der Waals surface area contributed by atoms with E-state index in [9.17, 15) is 9.59 Å². The fourth-order valence-corrected chi connectivity index (χ4v) is 7.81. The van der Waals surface area contributed by atoms with Gasteiger partial charge in [-0.2, -0.15) is 0 Å². The normalized spacial score (nSPS) is 26.8. The molecule has 4 heteroatoms. The highest BCUT2D eigenvalue weighted by Gasteiger charge is 2.70. The minimum absolute atomic E-state index is 0.108. The molecule has 0 aromatic heterocycles.